The van der Waals surface area contributed by atoms with Crippen molar-refractivity contribution in [2.45, 2.75) is 33.2 Å². The molecule has 1 aromatic rings. The van der Waals surface area contributed by atoms with Crippen LogP contribution >= 0.6 is 11.2 Å². The second-order valence-electron chi connectivity index (χ2n) is 3.95. The third-order valence-electron chi connectivity index (χ3n) is 2.70. The van der Waals surface area contributed by atoms with Crippen LogP contribution in [0.25, 0.3) is 0 Å². The zero-order chi connectivity index (χ0) is 11.8. The zero-order valence-corrected chi connectivity index (χ0v) is 12.8. The molecular formula is C13H22OSSi. The second-order valence-corrected chi connectivity index (χ2v) is 8.50. The van der Waals surface area contributed by atoms with E-state index < -0.39 is 0 Å². The van der Waals surface area contributed by atoms with Crippen LogP contribution in [0.1, 0.15) is 24.5 Å². The van der Waals surface area contributed by atoms with Gasteiger partial charge in [0.2, 0.25) is 0 Å². The molecule has 0 amide bonds. The van der Waals surface area contributed by atoms with Crippen LogP contribution in [0.3, 0.4) is 0 Å². The summed E-state index contributed by atoms with van der Waals surface area (Å²) in [4.78, 5) is 0. The first kappa shape index (κ1) is 13.7. The van der Waals surface area contributed by atoms with E-state index in [1.54, 1.807) is 0 Å². The van der Waals surface area contributed by atoms with E-state index in [9.17, 15) is 0 Å². The van der Waals surface area contributed by atoms with Crippen molar-refractivity contribution in [2.75, 3.05) is 12.4 Å². The van der Waals surface area contributed by atoms with Crippen LogP contribution in [0.2, 0.25) is 6.04 Å². The average molecular weight is 254 g/mol. The van der Waals surface area contributed by atoms with Crippen molar-refractivity contribution >= 4 is 19.9 Å². The molecule has 0 fully saturated rings. The standard InChI is InChI=1S/C13H22OSSi/c1-4-15-16-10-6-9-14-13-8-5-7-11(2)12(13)3/h5,7-8H,4,6,9-10,16H2,1-3H3. The van der Waals surface area contributed by atoms with Crippen LogP contribution in [0.5, 0.6) is 5.75 Å². The predicted octanol–water partition coefficient (Wildman–Crippen LogP) is 3.33. The summed E-state index contributed by atoms with van der Waals surface area (Å²) in [6.07, 6.45) is 1.21. The SMILES string of the molecule is CCS[SiH2]CCCOc1cccc(C)c1C. The van der Waals surface area contributed by atoms with E-state index >= 15 is 0 Å². The lowest BCUT2D eigenvalue weighted by Crippen LogP contribution is -2.00. The van der Waals surface area contributed by atoms with Gasteiger partial charge in [-0.05, 0) is 43.2 Å². The van der Waals surface area contributed by atoms with E-state index in [2.05, 4.69) is 50.2 Å². The van der Waals surface area contributed by atoms with Crippen molar-refractivity contribution in [1.29, 1.82) is 0 Å². The summed E-state index contributed by atoms with van der Waals surface area (Å²) in [5.74, 6) is 2.34. The summed E-state index contributed by atoms with van der Waals surface area (Å²) >= 11 is 2.14. The molecule has 0 bridgehead atoms. The van der Waals surface area contributed by atoms with Gasteiger partial charge in [0.1, 0.15) is 5.75 Å². The molecule has 1 aromatic carbocycles. The normalized spacial score (nSPS) is 11.2. The molecule has 0 aromatic heterocycles. The van der Waals surface area contributed by atoms with Gasteiger partial charge in [-0.1, -0.05) is 25.1 Å². The van der Waals surface area contributed by atoms with E-state index in [-0.39, 0.29) is 8.67 Å². The van der Waals surface area contributed by atoms with Crippen molar-refractivity contribution < 1.29 is 4.74 Å². The van der Waals surface area contributed by atoms with E-state index in [1.165, 1.54) is 29.3 Å². The quantitative estimate of drug-likeness (QED) is 0.545. The largest absolute Gasteiger partial charge is 0.493 e. The molecular weight excluding hydrogens is 232 g/mol. The summed E-state index contributed by atoms with van der Waals surface area (Å²) in [5.41, 5.74) is 2.59. The Kier molecular flexibility index (Phi) is 6.65. The molecule has 0 atom stereocenters. The first-order valence-corrected chi connectivity index (χ1v) is 9.91. The lowest BCUT2D eigenvalue weighted by Gasteiger charge is -2.10. The lowest BCUT2D eigenvalue weighted by molar-refractivity contribution is 0.315. The highest BCUT2D eigenvalue weighted by Gasteiger charge is 2.00. The lowest BCUT2D eigenvalue weighted by atomic mass is 10.1. The molecule has 16 heavy (non-hydrogen) atoms. The van der Waals surface area contributed by atoms with Gasteiger partial charge in [-0.3, -0.25) is 0 Å². The minimum Gasteiger partial charge on any atom is -0.493 e. The Hall–Kier alpha value is -0.413. The number of hydrogen-bond donors (Lipinski definition) is 0. The first-order chi connectivity index (χ1) is 7.75. The molecule has 0 aliphatic heterocycles. The zero-order valence-electron chi connectivity index (χ0n) is 10.6. The summed E-state index contributed by atoms with van der Waals surface area (Å²) in [5, 5.41) is 0. The number of ether oxygens (including phenoxy) is 1. The fourth-order valence-electron chi connectivity index (χ4n) is 1.51. The Morgan fingerprint density at radius 2 is 2.12 bits per heavy atom. The molecule has 0 unspecified atom stereocenters. The van der Waals surface area contributed by atoms with Crippen LogP contribution in [-0.2, 0) is 0 Å². The van der Waals surface area contributed by atoms with Crippen LogP contribution in [0, 0.1) is 13.8 Å². The highest BCUT2D eigenvalue weighted by Crippen LogP contribution is 2.20. The maximum Gasteiger partial charge on any atom is 0.122 e. The summed E-state index contributed by atoms with van der Waals surface area (Å²) in [6, 6.07) is 7.66. The van der Waals surface area contributed by atoms with Gasteiger partial charge in [-0.15, -0.1) is 0 Å². The Morgan fingerprint density at radius 1 is 1.31 bits per heavy atom. The molecule has 1 rings (SSSR count). The molecule has 0 aliphatic rings. The van der Waals surface area contributed by atoms with Crippen molar-refractivity contribution in [3.8, 4) is 5.75 Å². The van der Waals surface area contributed by atoms with Crippen molar-refractivity contribution in [1.82, 2.24) is 0 Å². The molecule has 0 radical (unpaired) electrons. The Bertz CT molecular complexity index is 315. The van der Waals surface area contributed by atoms with Gasteiger partial charge in [0, 0.05) is 0 Å². The number of rotatable bonds is 7. The fraction of sp³-hybridized carbons (Fsp3) is 0.538. The Morgan fingerprint density at radius 3 is 2.88 bits per heavy atom. The number of benzene rings is 1. The number of hydrogen-bond acceptors (Lipinski definition) is 2. The smallest absolute Gasteiger partial charge is 0.122 e. The third-order valence-corrected chi connectivity index (χ3v) is 7.14. The molecule has 90 valence electrons. The molecule has 0 saturated carbocycles. The minimum atomic E-state index is 0.130. The van der Waals surface area contributed by atoms with Gasteiger partial charge in [-0.25, -0.2) is 0 Å². The highest BCUT2D eigenvalue weighted by molar-refractivity contribution is 8.22. The molecule has 0 N–H and O–H groups in total. The average Bonchev–Trinajstić information content (AvgIpc) is 2.29. The van der Waals surface area contributed by atoms with Crippen LogP contribution in [0.4, 0.5) is 0 Å². The van der Waals surface area contributed by atoms with Crippen LogP contribution < -0.4 is 4.74 Å². The Labute approximate surface area is 105 Å². The monoisotopic (exact) mass is 254 g/mol. The maximum atomic E-state index is 5.81. The van der Waals surface area contributed by atoms with Gasteiger partial charge in [0.05, 0.1) is 15.3 Å². The van der Waals surface area contributed by atoms with E-state index in [4.69, 9.17) is 4.74 Å². The van der Waals surface area contributed by atoms with Crippen LogP contribution in [-0.4, -0.2) is 21.0 Å². The summed E-state index contributed by atoms with van der Waals surface area (Å²) in [7, 11) is 0.130. The molecule has 3 heteroatoms. The topological polar surface area (TPSA) is 9.23 Å². The Balaban J connectivity index is 2.24. The van der Waals surface area contributed by atoms with Gasteiger partial charge >= 0.3 is 0 Å². The third kappa shape index (κ3) is 4.62. The second kappa shape index (κ2) is 7.79. The minimum absolute atomic E-state index is 0.130. The van der Waals surface area contributed by atoms with Gasteiger partial charge in [-0.2, -0.15) is 11.2 Å². The van der Waals surface area contributed by atoms with E-state index in [0.29, 0.717) is 0 Å². The van der Waals surface area contributed by atoms with Gasteiger partial charge in [0.25, 0.3) is 0 Å². The van der Waals surface area contributed by atoms with Crippen molar-refractivity contribution in [2.24, 2.45) is 0 Å². The highest BCUT2D eigenvalue weighted by atomic mass is 32.4. The molecule has 0 saturated heterocycles. The van der Waals surface area contributed by atoms with Crippen LogP contribution in [0.15, 0.2) is 18.2 Å². The summed E-state index contributed by atoms with van der Waals surface area (Å²) < 4.78 is 5.81. The number of aryl methyl sites for hydroxylation is 1. The van der Waals surface area contributed by atoms with E-state index in [0.717, 1.165) is 12.4 Å². The first-order valence-electron chi connectivity index (χ1n) is 6.02. The van der Waals surface area contributed by atoms with Gasteiger partial charge < -0.3 is 4.74 Å². The predicted molar refractivity (Wildman–Crippen MR) is 77.5 cm³/mol. The van der Waals surface area contributed by atoms with Crippen molar-refractivity contribution in [3.05, 3.63) is 29.3 Å². The molecule has 0 spiro atoms. The maximum absolute atomic E-state index is 5.81. The molecule has 1 nitrogen and oxygen atoms in total. The van der Waals surface area contributed by atoms with Gasteiger partial charge in [0.15, 0.2) is 0 Å². The molecule has 0 aliphatic carbocycles. The van der Waals surface area contributed by atoms with E-state index in [1.807, 2.05) is 0 Å². The fourth-order valence-corrected chi connectivity index (χ4v) is 4.51. The molecule has 0 heterocycles. The van der Waals surface area contributed by atoms with Crippen molar-refractivity contribution in [3.63, 3.8) is 0 Å². The summed E-state index contributed by atoms with van der Waals surface area (Å²) in [6.45, 7) is 7.38.